The van der Waals surface area contributed by atoms with Crippen LogP contribution in [0.4, 0.5) is 13.2 Å². The van der Waals surface area contributed by atoms with Crippen molar-refractivity contribution in [2.24, 2.45) is 0 Å². The number of benzene rings is 2. The quantitative estimate of drug-likeness (QED) is 0.433. The number of hydrogen-bond donors (Lipinski definition) is 1. The van der Waals surface area contributed by atoms with E-state index in [0.29, 0.717) is 12.0 Å². The Labute approximate surface area is 156 Å². The first kappa shape index (κ1) is 20.6. The van der Waals surface area contributed by atoms with E-state index in [-0.39, 0.29) is 18.0 Å². The number of alkyl halides is 3. The monoisotopic (exact) mass is 378 g/mol. The summed E-state index contributed by atoms with van der Waals surface area (Å²) < 4.78 is 45.5. The Morgan fingerprint density at radius 3 is 2.26 bits per heavy atom. The molecule has 1 N–H and O–H groups in total. The van der Waals surface area contributed by atoms with E-state index in [1.165, 1.54) is 42.5 Å². The molecule has 0 bridgehead atoms. The van der Waals surface area contributed by atoms with E-state index >= 15 is 0 Å². The second-order valence-electron chi connectivity index (χ2n) is 6.06. The van der Waals surface area contributed by atoms with E-state index in [9.17, 15) is 18.0 Å². The Bertz CT molecular complexity index is 753. The molecule has 0 saturated heterocycles. The summed E-state index contributed by atoms with van der Waals surface area (Å²) in [5.41, 5.74) is 1.22. The Morgan fingerprint density at radius 2 is 1.67 bits per heavy atom. The van der Waals surface area contributed by atoms with Crippen molar-refractivity contribution < 1.29 is 27.8 Å². The van der Waals surface area contributed by atoms with Crippen LogP contribution >= 0.6 is 0 Å². The average Bonchev–Trinajstić information content (AvgIpc) is 2.65. The largest absolute Gasteiger partial charge is 0.478 e. The molecule has 2 aromatic carbocycles. The first-order valence-corrected chi connectivity index (χ1v) is 8.64. The number of aliphatic carboxylic acids is 1. The number of ether oxygens (including phenoxy) is 1. The van der Waals surface area contributed by atoms with E-state index in [1.807, 2.05) is 0 Å². The highest BCUT2D eigenvalue weighted by Gasteiger charge is 2.34. The van der Waals surface area contributed by atoms with Crippen LogP contribution in [0.3, 0.4) is 0 Å². The molecule has 0 aliphatic rings. The lowest BCUT2D eigenvalue weighted by Crippen LogP contribution is -2.21. The highest BCUT2D eigenvalue weighted by molar-refractivity contribution is 5.85. The number of carbonyl (C=O) groups is 1. The molecule has 0 fully saturated rings. The van der Waals surface area contributed by atoms with Crippen LogP contribution in [0, 0.1) is 0 Å². The zero-order valence-electron chi connectivity index (χ0n) is 14.7. The van der Waals surface area contributed by atoms with Crippen molar-refractivity contribution in [3.63, 3.8) is 0 Å². The van der Waals surface area contributed by atoms with Gasteiger partial charge in [0.15, 0.2) is 0 Å². The topological polar surface area (TPSA) is 46.5 Å². The van der Waals surface area contributed by atoms with E-state index in [2.05, 4.69) is 0 Å². The van der Waals surface area contributed by atoms with Gasteiger partial charge in [0.1, 0.15) is 5.75 Å². The molecule has 144 valence electrons. The number of carboxylic acids is 1. The van der Waals surface area contributed by atoms with Crippen molar-refractivity contribution in [3.8, 4) is 5.75 Å². The maximum atomic E-state index is 14.3. The zero-order chi connectivity index (χ0) is 19.7. The molecule has 2 rings (SSSR count). The molecule has 0 spiro atoms. The SMILES string of the molecule is O=C(O)/C=C/c1ccc(OC(F)(F)c2ccc(CCCCCF)cc2)cc1. The van der Waals surface area contributed by atoms with Crippen molar-refractivity contribution in [3.05, 3.63) is 71.3 Å². The summed E-state index contributed by atoms with van der Waals surface area (Å²) in [4.78, 5) is 10.5. The van der Waals surface area contributed by atoms with E-state index in [0.717, 1.165) is 30.9 Å². The van der Waals surface area contributed by atoms with Gasteiger partial charge in [-0.05, 0) is 60.7 Å². The van der Waals surface area contributed by atoms with Gasteiger partial charge in [-0.1, -0.05) is 30.7 Å². The lowest BCUT2D eigenvalue weighted by Gasteiger charge is -2.18. The summed E-state index contributed by atoms with van der Waals surface area (Å²) in [6, 6.07) is 11.6. The first-order chi connectivity index (χ1) is 12.9. The van der Waals surface area contributed by atoms with Crippen LogP contribution in [0.25, 0.3) is 6.08 Å². The minimum absolute atomic E-state index is 0.0252. The van der Waals surface area contributed by atoms with Gasteiger partial charge in [0, 0.05) is 6.08 Å². The molecule has 0 saturated carbocycles. The second-order valence-corrected chi connectivity index (χ2v) is 6.06. The molecule has 0 aliphatic carbocycles. The summed E-state index contributed by atoms with van der Waals surface area (Å²) in [5.74, 6) is -1.12. The zero-order valence-corrected chi connectivity index (χ0v) is 14.7. The molecule has 0 amide bonds. The molecular weight excluding hydrogens is 357 g/mol. The van der Waals surface area contributed by atoms with E-state index in [4.69, 9.17) is 9.84 Å². The Hall–Kier alpha value is -2.76. The van der Waals surface area contributed by atoms with Crippen molar-refractivity contribution in [1.82, 2.24) is 0 Å². The number of carboxylic acid groups (broad SMARTS) is 1. The number of hydrogen-bond acceptors (Lipinski definition) is 2. The normalized spacial score (nSPS) is 11.7. The summed E-state index contributed by atoms with van der Waals surface area (Å²) in [5, 5.41) is 8.57. The highest BCUT2D eigenvalue weighted by Crippen LogP contribution is 2.32. The van der Waals surface area contributed by atoms with Crippen LogP contribution in [-0.4, -0.2) is 17.8 Å². The van der Waals surface area contributed by atoms with Crippen LogP contribution in [0.2, 0.25) is 0 Å². The van der Waals surface area contributed by atoms with Crippen molar-refractivity contribution in [2.75, 3.05) is 6.67 Å². The van der Waals surface area contributed by atoms with Gasteiger partial charge in [-0.2, -0.15) is 8.78 Å². The minimum atomic E-state index is -3.49. The van der Waals surface area contributed by atoms with Crippen LogP contribution in [-0.2, 0) is 17.3 Å². The maximum absolute atomic E-state index is 14.3. The van der Waals surface area contributed by atoms with Gasteiger partial charge in [0.05, 0.1) is 12.2 Å². The molecule has 0 aliphatic heterocycles. The fraction of sp³-hybridized carbons (Fsp3) is 0.286. The number of halogens is 3. The van der Waals surface area contributed by atoms with Crippen LogP contribution in [0.5, 0.6) is 5.75 Å². The van der Waals surface area contributed by atoms with Gasteiger partial charge in [-0.3, -0.25) is 4.39 Å². The third kappa shape index (κ3) is 6.81. The molecule has 27 heavy (non-hydrogen) atoms. The van der Waals surface area contributed by atoms with Gasteiger partial charge >= 0.3 is 12.1 Å². The molecule has 0 unspecified atom stereocenters. The Balaban J connectivity index is 1.97. The summed E-state index contributed by atoms with van der Waals surface area (Å²) in [6.07, 6.45) is 1.66. The van der Waals surface area contributed by atoms with Crippen molar-refractivity contribution in [1.29, 1.82) is 0 Å². The van der Waals surface area contributed by atoms with E-state index < -0.39 is 12.1 Å². The molecule has 3 nitrogen and oxygen atoms in total. The predicted molar refractivity (Wildman–Crippen MR) is 97.6 cm³/mol. The van der Waals surface area contributed by atoms with Crippen LogP contribution in [0.15, 0.2) is 54.6 Å². The lowest BCUT2D eigenvalue weighted by atomic mass is 10.0. The fourth-order valence-electron chi connectivity index (χ4n) is 2.49. The molecule has 2 aromatic rings. The summed E-state index contributed by atoms with van der Waals surface area (Å²) >= 11 is 0. The van der Waals surface area contributed by atoms with Gasteiger partial charge in [-0.25, -0.2) is 4.79 Å². The molecule has 0 heterocycles. The summed E-state index contributed by atoms with van der Waals surface area (Å²) in [7, 11) is 0. The van der Waals surface area contributed by atoms with E-state index in [1.54, 1.807) is 12.1 Å². The lowest BCUT2D eigenvalue weighted by molar-refractivity contribution is -0.185. The van der Waals surface area contributed by atoms with Gasteiger partial charge in [-0.15, -0.1) is 0 Å². The predicted octanol–water partition coefficient (Wildman–Crippen LogP) is 5.60. The van der Waals surface area contributed by atoms with Gasteiger partial charge < -0.3 is 9.84 Å². The number of aryl methyl sites for hydroxylation is 1. The van der Waals surface area contributed by atoms with Crippen LogP contribution < -0.4 is 4.74 Å². The second kappa shape index (κ2) is 9.80. The molecule has 0 aromatic heterocycles. The van der Waals surface area contributed by atoms with Crippen LogP contribution in [0.1, 0.15) is 36.0 Å². The molecular formula is C21H21F3O3. The molecule has 0 atom stereocenters. The molecule has 6 heteroatoms. The molecule has 0 radical (unpaired) electrons. The Morgan fingerprint density at radius 1 is 1.00 bits per heavy atom. The fourth-order valence-corrected chi connectivity index (χ4v) is 2.49. The van der Waals surface area contributed by atoms with Gasteiger partial charge in [0.25, 0.3) is 0 Å². The Kier molecular flexibility index (Phi) is 7.46. The number of unbranched alkanes of at least 4 members (excludes halogenated alkanes) is 2. The standard InChI is InChI=1S/C21H21F3O3/c22-15-3-1-2-4-16-5-10-18(11-6-16)21(23,24)27-19-12-7-17(8-13-19)9-14-20(25)26/h5-14H,1-4,15H2,(H,25,26)/b14-9+. The van der Waals surface area contributed by atoms with Crippen molar-refractivity contribution in [2.45, 2.75) is 31.8 Å². The smallest absolute Gasteiger partial charge is 0.426 e. The van der Waals surface area contributed by atoms with Gasteiger partial charge in [0.2, 0.25) is 0 Å². The highest BCUT2D eigenvalue weighted by atomic mass is 19.3. The van der Waals surface area contributed by atoms with Crippen molar-refractivity contribution >= 4 is 12.0 Å². The summed E-state index contributed by atoms with van der Waals surface area (Å²) in [6.45, 7) is -0.334. The maximum Gasteiger partial charge on any atom is 0.426 e. The average molecular weight is 378 g/mol. The minimum Gasteiger partial charge on any atom is -0.478 e. The number of rotatable bonds is 10. The third-order valence-electron chi connectivity index (χ3n) is 3.93. The third-order valence-corrected chi connectivity index (χ3v) is 3.93. The first-order valence-electron chi connectivity index (χ1n) is 8.64.